The molecule has 3 heteroatoms. The number of ether oxygens (including phenoxy) is 1. The van der Waals surface area contributed by atoms with Crippen LogP contribution in [0.2, 0.25) is 0 Å². The Kier molecular flexibility index (Phi) is 10.3. The Morgan fingerprint density at radius 2 is 1.74 bits per heavy atom. The van der Waals surface area contributed by atoms with Crippen molar-refractivity contribution in [3.8, 4) is 0 Å². The fraction of sp³-hybridized carbons (Fsp3) is 0.688. The summed E-state index contributed by atoms with van der Waals surface area (Å²) >= 11 is 0. The van der Waals surface area contributed by atoms with Crippen LogP contribution >= 0.6 is 0 Å². The average molecular weight is 263 g/mol. The number of rotatable bonds is 10. The summed E-state index contributed by atoms with van der Waals surface area (Å²) in [6.45, 7) is 7.19. The predicted molar refractivity (Wildman–Crippen MR) is 88.0 cm³/mol. The molecule has 19 heavy (non-hydrogen) atoms. The van der Waals surface area contributed by atoms with E-state index in [9.17, 15) is 0 Å². The first-order chi connectivity index (χ1) is 9.06. The van der Waals surface area contributed by atoms with Gasteiger partial charge < -0.3 is 0 Å². The van der Waals surface area contributed by atoms with Crippen molar-refractivity contribution in [3.05, 3.63) is 23.6 Å². The second-order valence-electron chi connectivity index (χ2n) is 5.15. The van der Waals surface area contributed by atoms with Gasteiger partial charge in [-0.2, -0.15) is 0 Å². The molecule has 0 N–H and O–H groups in total. The Hall–Kier alpha value is -0.985. The molecule has 0 rings (SSSR count). The minimum atomic E-state index is 0.375. The number of hydrogen-bond acceptors (Lipinski definition) is 2. The predicted octanol–water partition coefficient (Wildman–Crippen LogP) is 3.27. The molecule has 0 aliphatic rings. The topological polar surface area (TPSA) is 12.5 Å². The molecule has 0 spiro atoms. The molecule has 0 radical (unpaired) electrons. The van der Waals surface area contributed by atoms with E-state index in [1.54, 1.807) is 0 Å². The summed E-state index contributed by atoms with van der Waals surface area (Å²) in [7, 11) is 7.95. The molecule has 1 atom stereocenters. The molecular formula is C16H30BNO. The zero-order valence-corrected chi connectivity index (χ0v) is 13.4. The van der Waals surface area contributed by atoms with Gasteiger partial charge in [-0.3, -0.25) is 0 Å². The van der Waals surface area contributed by atoms with Gasteiger partial charge in [0.1, 0.15) is 0 Å². The van der Waals surface area contributed by atoms with Crippen molar-refractivity contribution < 1.29 is 4.74 Å². The number of allylic oxidation sites excluding steroid dienone is 2. The van der Waals surface area contributed by atoms with E-state index in [1.807, 2.05) is 5.97 Å². The van der Waals surface area contributed by atoms with Gasteiger partial charge in [-0.1, -0.05) is 0 Å². The molecule has 0 bridgehead atoms. The molecule has 2 nitrogen and oxygen atoms in total. The first-order valence-corrected chi connectivity index (χ1v) is 7.40. The van der Waals surface area contributed by atoms with E-state index < -0.39 is 0 Å². The SMILES string of the molecule is B=CC(C)COC(=C/CCC)/C(=C/CCC)N(C)C. The van der Waals surface area contributed by atoms with Gasteiger partial charge in [0.2, 0.25) is 0 Å². The molecule has 0 saturated heterocycles. The summed E-state index contributed by atoms with van der Waals surface area (Å²) < 4.78 is 6.00. The molecule has 0 aliphatic carbocycles. The molecule has 0 aliphatic heterocycles. The second-order valence-corrected chi connectivity index (χ2v) is 5.15. The zero-order chi connectivity index (χ0) is 14.7. The van der Waals surface area contributed by atoms with Gasteiger partial charge in [-0.25, -0.2) is 0 Å². The Balaban J connectivity index is 4.91. The normalized spacial score (nSPS) is 14.1. The first kappa shape index (κ1) is 18.0. The van der Waals surface area contributed by atoms with E-state index >= 15 is 0 Å². The summed E-state index contributed by atoms with van der Waals surface area (Å²) in [4.78, 5) is 2.13. The Labute approximate surface area is 120 Å². The van der Waals surface area contributed by atoms with Crippen molar-refractivity contribution in [3.63, 3.8) is 0 Å². The van der Waals surface area contributed by atoms with Crippen molar-refractivity contribution in [2.24, 2.45) is 5.92 Å². The van der Waals surface area contributed by atoms with Gasteiger partial charge in [0.15, 0.2) is 0 Å². The third kappa shape index (κ3) is 7.91. The van der Waals surface area contributed by atoms with Crippen molar-refractivity contribution in [2.75, 3.05) is 20.7 Å². The third-order valence-electron chi connectivity index (χ3n) is 2.88. The Morgan fingerprint density at radius 3 is 2.21 bits per heavy atom. The minimum absolute atomic E-state index is 0.375. The summed E-state index contributed by atoms with van der Waals surface area (Å²) in [6.07, 6.45) is 8.89. The van der Waals surface area contributed by atoms with Crippen molar-refractivity contribution >= 4 is 13.5 Å². The van der Waals surface area contributed by atoms with Crippen LogP contribution in [0.15, 0.2) is 23.6 Å². The second kappa shape index (κ2) is 10.9. The van der Waals surface area contributed by atoms with E-state index in [2.05, 4.69) is 59.4 Å². The number of hydrogen-bond donors (Lipinski definition) is 0. The summed E-state index contributed by atoms with van der Waals surface area (Å²) in [5.74, 6) is 3.32. The van der Waals surface area contributed by atoms with E-state index in [1.165, 1.54) is 5.70 Å². The zero-order valence-electron chi connectivity index (χ0n) is 13.4. The number of unbranched alkanes of at least 4 members (excludes halogenated alkanes) is 2. The van der Waals surface area contributed by atoms with Crippen LogP contribution < -0.4 is 0 Å². The van der Waals surface area contributed by atoms with Crippen LogP contribution in [0.4, 0.5) is 0 Å². The molecule has 0 fully saturated rings. The van der Waals surface area contributed by atoms with E-state index in [-0.39, 0.29) is 0 Å². The van der Waals surface area contributed by atoms with Gasteiger partial charge in [-0.15, -0.1) is 0 Å². The van der Waals surface area contributed by atoms with Crippen LogP contribution in [-0.4, -0.2) is 39.1 Å². The first-order valence-electron chi connectivity index (χ1n) is 7.40. The summed E-state index contributed by atoms with van der Waals surface area (Å²) in [5, 5.41) is 0. The number of likely N-dealkylation sites (N-methyl/N-ethyl adjacent to an activating group) is 1. The third-order valence-corrected chi connectivity index (χ3v) is 2.88. The standard InChI is InChI=1S/C16H30BNO/c1-6-8-10-15(18(4)5)16(11-9-7-2)19-13-14(3)12-17/h10-12,14,17H,6-9,13H2,1-5H3/b15-10-,16-11+. The maximum atomic E-state index is 6.00. The fourth-order valence-electron chi connectivity index (χ4n) is 1.59. The molecule has 0 aromatic rings. The quantitative estimate of drug-likeness (QED) is 0.341. The number of nitrogens with zero attached hydrogens (tertiary/aromatic N) is 1. The Morgan fingerprint density at radius 1 is 1.16 bits per heavy atom. The van der Waals surface area contributed by atoms with Crippen LogP contribution in [0, 0.1) is 5.92 Å². The van der Waals surface area contributed by atoms with Gasteiger partial charge in [0.05, 0.1) is 0 Å². The molecule has 1 unspecified atom stereocenters. The van der Waals surface area contributed by atoms with Crippen LogP contribution in [0.5, 0.6) is 0 Å². The molecule has 0 aromatic carbocycles. The molecule has 108 valence electrons. The van der Waals surface area contributed by atoms with Gasteiger partial charge in [-0.05, 0) is 0 Å². The van der Waals surface area contributed by atoms with Crippen LogP contribution in [0.1, 0.15) is 46.5 Å². The average Bonchev–Trinajstić information content (AvgIpc) is 2.40. The fourth-order valence-corrected chi connectivity index (χ4v) is 1.59. The summed E-state index contributed by atoms with van der Waals surface area (Å²) in [5.41, 5.74) is 1.19. The van der Waals surface area contributed by atoms with E-state index in [4.69, 9.17) is 4.74 Å². The van der Waals surface area contributed by atoms with Crippen molar-refractivity contribution in [2.45, 2.75) is 46.5 Å². The molecule has 0 heterocycles. The van der Waals surface area contributed by atoms with Crippen LogP contribution in [0.25, 0.3) is 0 Å². The van der Waals surface area contributed by atoms with E-state index in [0.29, 0.717) is 12.5 Å². The van der Waals surface area contributed by atoms with Crippen molar-refractivity contribution in [1.29, 1.82) is 0 Å². The maximum absolute atomic E-state index is 6.00. The Bertz CT molecular complexity index is 308. The molecule has 0 saturated carbocycles. The monoisotopic (exact) mass is 263 g/mol. The summed E-state index contributed by atoms with van der Waals surface area (Å²) in [6, 6.07) is 0. The molecule has 0 amide bonds. The van der Waals surface area contributed by atoms with Gasteiger partial charge >= 0.3 is 120 Å². The molecular weight excluding hydrogens is 233 g/mol. The van der Waals surface area contributed by atoms with Crippen LogP contribution in [0.3, 0.4) is 0 Å². The molecule has 0 aromatic heterocycles. The van der Waals surface area contributed by atoms with Crippen molar-refractivity contribution in [1.82, 2.24) is 4.90 Å². The van der Waals surface area contributed by atoms with Crippen LogP contribution in [-0.2, 0) is 4.74 Å². The van der Waals surface area contributed by atoms with Gasteiger partial charge in [0, 0.05) is 0 Å². The van der Waals surface area contributed by atoms with Gasteiger partial charge in [0.25, 0.3) is 0 Å². The van der Waals surface area contributed by atoms with E-state index in [0.717, 1.165) is 31.4 Å².